The van der Waals surface area contributed by atoms with Crippen molar-refractivity contribution in [2.45, 2.75) is 39.2 Å². The standard InChI is InChI=1S/C19H25N5O3/c1-13-15(14(2)27-22-13)11-18(25)24-9-10-26-17(12-24)16-5-6-20-19(21-16)23-7-3-4-8-23/h5-6,17H,3-4,7-12H2,1-2H3/t17-/m0/s1. The maximum Gasteiger partial charge on any atom is 0.227 e. The van der Waals surface area contributed by atoms with Gasteiger partial charge < -0.3 is 19.1 Å². The Morgan fingerprint density at radius 2 is 2.07 bits per heavy atom. The van der Waals surface area contributed by atoms with Crippen LogP contribution in [0.2, 0.25) is 0 Å². The van der Waals surface area contributed by atoms with Crippen LogP contribution in [0, 0.1) is 13.8 Å². The molecule has 0 aliphatic carbocycles. The van der Waals surface area contributed by atoms with E-state index in [0.29, 0.717) is 31.9 Å². The number of hydrogen-bond acceptors (Lipinski definition) is 7. The second-order valence-electron chi connectivity index (χ2n) is 7.15. The molecule has 2 fully saturated rings. The number of ether oxygens (including phenoxy) is 1. The minimum absolute atomic E-state index is 0.0616. The maximum absolute atomic E-state index is 12.8. The fourth-order valence-corrected chi connectivity index (χ4v) is 3.68. The lowest BCUT2D eigenvalue weighted by Gasteiger charge is -2.33. The summed E-state index contributed by atoms with van der Waals surface area (Å²) in [6.45, 7) is 7.28. The summed E-state index contributed by atoms with van der Waals surface area (Å²) in [5.74, 6) is 1.52. The number of carbonyl (C=O) groups excluding carboxylic acids is 1. The van der Waals surface area contributed by atoms with Gasteiger partial charge in [0.1, 0.15) is 11.9 Å². The number of anilines is 1. The summed E-state index contributed by atoms with van der Waals surface area (Å²) >= 11 is 0. The predicted molar refractivity (Wildman–Crippen MR) is 98.4 cm³/mol. The largest absolute Gasteiger partial charge is 0.368 e. The van der Waals surface area contributed by atoms with Gasteiger partial charge in [0.2, 0.25) is 11.9 Å². The third-order valence-corrected chi connectivity index (χ3v) is 5.31. The molecule has 8 nitrogen and oxygen atoms in total. The molecule has 2 aliphatic heterocycles. The van der Waals surface area contributed by atoms with Gasteiger partial charge in [0.15, 0.2) is 0 Å². The SMILES string of the molecule is Cc1noc(C)c1CC(=O)N1CCO[C@H](c2ccnc(N3CCCC3)n2)C1. The van der Waals surface area contributed by atoms with Gasteiger partial charge >= 0.3 is 0 Å². The quantitative estimate of drug-likeness (QED) is 0.810. The zero-order chi connectivity index (χ0) is 18.8. The van der Waals surface area contributed by atoms with Gasteiger partial charge in [-0.05, 0) is 32.8 Å². The van der Waals surface area contributed by atoms with E-state index in [2.05, 4.69) is 15.0 Å². The van der Waals surface area contributed by atoms with Gasteiger partial charge in [-0.15, -0.1) is 0 Å². The Balaban J connectivity index is 1.45. The van der Waals surface area contributed by atoms with E-state index in [1.165, 1.54) is 12.8 Å². The molecule has 1 atom stereocenters. The molecule has 0 bridgehead atoms. The number of carbonyl (C=O) groups is 1. The summed E-state index contributed by atoms with van der Waals surface area (Å²) in [6.07, 6.45) is 4.21. The Hall–Kier alpha value is -2.48. The molecule has 4 heterocycles. The first-order valence-electron chi connectivity index (χ1n) is 9.51. The van der Waals surface area contributed by atoms with Crippen molar-refractivity contribution in [3.05, 3.63) is 35.0 Å². The molecule has 2 aromatic heterocycles. The zero-order valence-corrected chi connectivity index (χ0v) is 15.8. The van der Waals surface area contributed by atoms with E-state index in [0.717, 1.165) is 36.0 Å². The summed E-state index contributed by atoms with van der Waals surface area (Å²) in [5.41, 5.74) is 2.49. The number of amides is 1. The molecule has 27 heavy (non-hydrogen) atoms. The second-order valence-corrected chi connectivity index (χ2v) is 7.15. The molecular formula is C19H25N5O3. The molecule has 2 saturated heterocycles. The number of hydrogen-bond donors (Lipinski definition) is 0. The van der Waals surface area contributed by atoms with Crippen molar-refractivity contribution >= 4 is 11.9 Å². The van der Waals surface area contributed by atoms with E-state index >= 15 is 0 Å². The second kappa shape index (κ2) is 7.64. The van der Waals surface area contributed by atoms with Crippen molar-refractivity contribution in [2.75, 3.05) is 37.7 Å². The summed E-state index contributed by atoms with van der Waals surface area (Å²) in [5, 5.41) is 3.93. The van der Waals surface area contributed by atoms with E-state index in [-0.39, 0.29) is 12.0 Å². The lowest BCUT2D eigenvalue weighted by atomic mass is 10.1. The third-order valence-electron chi connectivity index (χ3n) is 5.31. The van der Waals surface area contributed by atoms with Crippen LogP contribution < -0.4 is 4.90 Å². The molecule has 0 N–H and O–H groups in total. The molecule has 1 amide bonds. The molecule has 2 aliphatic rings. The lowest BCUT2D eigenvalue weighted by molar-refractivity contribution is -0.138. The smallest absolute Gasteiger partial charge is 0.227 e. The first-order valence-corrected chi connectivity index (χ1v) is 9.51. The predicted octanol–water partition coefficient (Wildman–Crippen LogP) is 1.82. The first-order chi connectivity index (χ1) is 13.1. The average molecular weight is 371 g/mol. The fourth-order valence-electron chi connectivity index (χ4n) is 3.68. The van der Waals surface area contributed by atoms with Crippen molar-refractivity contribution in [1.29, 1.82) is 0 Å². The average Bonchev–Trinajstić information content (AvgIpc) is 3.34. The molecule has 0 unspecified atom stereocenters. The Morgan fingerprint density at radius 3 is 2.81 bits per heavy atom. The molecule has 0 aromatic carbocycles. The number of morpholine rings is 1. The molecule has 2 aromatic rings. The zero-order valence-electron chi connectivity index (χ0n) is 15.8. The summed E-state index contributed by atoms with van der Waals surface area (Å²) in [4.78, 5) is 25.9. The summed E-state index contributed by atoms with van der Waals surface area (Å²) in [7, 11) is 0. The highest BCUT2D eigenvalue weighted by atomic mass is 16.5. The molecule has 0 saturated carbocycles. The van der Waals surface area contributed by atoms with Crippen LogP contribution in [0.15, 0.2) is 16.8 Å². The summed E-state index contributed by atoms with van der Waals surface area (Å²) < 4.78 is 11.1. The monoisotopic (exact) mass is 371 g/mol. The van der Waals surface area contributed by atoms with Crippen LogP contribution in [0.1, 0.15) is 41.7 Å². The van der Waals surface area contributed by atoms with E-state index < -0.39 is 0 Å². The van der Waals surface area contributed by atoms with E-state index in [1.54, 1.807) is 6.20 Å². The van der Waals surface area contributed by atoms with Crippen molar-refractivity contribution in [1.82, 2.24) is 20.0 Å². The van der Waals surface area contributed by atoms with Crippen molar-refractivity contribution < 1.29 is 14.1 Å². The maximum atomic E-state index is 12.8. The minimum Gasteiger partial charge on any atom is -0.368 e. The van der Waals surface area contributed by atoms with Crippen LogP contribution in [0.4, 0.5) is 5.95 Å². The number of aromatic nitrogens is 3. The number of rotatable bonds is 4. The molecule has 0 spiro atoms. The molecule has 4 rings (SSSR count). The molecule has 0 radical (unpaired) electrons. The van der Waals surface area contributed by atoms with Gasteiger partial charge in [0, 0.05) is 31.4 Å². The Labute approximate surface area is 158 Å². The highest BCUT2D eigenvalue weighted by molar-refractivity contribution is 5.79. The van der Waals surface area contributed by atoms with Crippen LogP contribution in [0.5, 0.6) is 0 Å². The van der Waals surface area contributed by atoms with E-state index in [9.17, 15) is 4.79 Å². The Bertz CT molecular complexity index is 796. The number of aryl methyl sites for hydroxylation is 2. The van der Waals surface area contributed by atoms with Gasteiger partial charge in [0.05, 0.1) is 31.0 Å². The van der Waals surface area contributed by atoms with Gasteiger partial charge in [0.25, 0.3) is 0 Å². The third kappa shape index (κ3) is 3.80. The molecule has 8 heteroatoms. The highest BCUT2D eigenvalue weighted by Gasteiger charge is 2.28. The number of nitrogens with zero attached hydrogens (tertiary/aromatic N) is 5. The van der Waals surface area contributed by atoms with Gasteiger partial charge in [-0.2, -0.15) is 0 Å². The molecular weight excluding hydrogens is 346 g/mol. The van der Waals surface area contributed by atoms with Gasteiger partial charge in [-0.25, -0.2) is 9.97 Å². The van der Waals surface area contributed by atoms with Crippen LogP contribution in [0.3, 0.4) is 0 Å². The van der Waals surface area contributed by atoms with Gasteiger partial charge in [-0.1, -0.05) is 5.16 Å². The van der Waals surface area contributed by atoms with Crippen LogP contribution in [-0.4, -0.2) is 58.7 Å². The summed E-state index contributed by atoms with van der Waals surface area (Å²) in [6, 6.07) is 1.88. The Kier molecular flexibility index (Phi) is 5.07. The van der Waals surface area contributed by atoms with Gasteiger partial charge in [-0.3, -0.25) is 4.79 Å². The fraction of sp³-hybridized carbons (Fsp3) is 0.579. The molecule has 144 valence electrons. The highest BCUT2D eigenvalue weighted by Crippen LogP contribution is 2.24. The van der Waals surface area contributed by atoms with Crippen molar-refractivity contribution in [3.63, 3.8) is 0 Å². The first kappa shape index (κ1) is 17.9. The minimum atomic E-state index is -0.225. The van der Waals surface area contributed by atoms with Crippen LogP contribution in [0.25, 0.3) is 0 Å². The van der Waals surface area contributed by atoms with E-state index in [1.807, 2.05) is 24.8 Å². The van der Waals surface area contributed by atoms with Crippen LogP contribution >= 0.6 is 0 Å². The van der Waals surface area contributed by atoms with Crippen LogP contribution in [-0.2, 0) is 16.0 Å². The normalized spacial score (nSPS) is 20.3. The van der Waals surface area contributed by atoms with Crippen molar-refractivity contribution in [3.8, 4) is 0 Å². The van der Waals surface area contributed by atoms with E-state index in [4.69, 9.17) is 14.2 Å². The Morgan fingerprint density at radius 1 is 1.26 bits per heavy atom. The topological polar surface area (TPSA) is 84.6 Å². The lowest BCUT2D eigenvalue weighted by Crippen LogP contribution is -2.43. The van der Waals surface area contributed by atoms with Crippen molar-refractivity contribution in [2.24, 2.45) is 0 Å².